The first-order valence-corrected chi connectivity index (χ1v) is 4.80. The van der Waals surface area contributed by atoms with E-state index in [9.17, 15) is 13.2 Å². The van der Waals surface area contributed by atoms with Crippen molar-refractivity contribution in [1.82, 2.24) is 15.0 Å². The molecule has 0 radical (unpaired) electrons. The Morgan fingerprint density at radius 1 is 1.35 bits per heavy atom. The van der Waals surface area contributed by atoms with Gasteiger partial charge in [0.25, 0.3) is 0 Å². The highest BCUT2D eigenvalue weighted by Gasteiger charge is 2.33. The molecule has 0 aliphatic carbocycles. The van der Waals surface area contributed by atoms with E-state index in [4.69, 9.17) is 0 Å². The zero-order valence-electron chi connectivity index (χ0n) is 8.62. The van der Waals surface area contributed by atoms with E-state index in [1.54, 1.807) is 0 Å². The summed E-state index contributed by atoms with van der Waals surface area (Å²) in [6.07, 6.45) is -0.113. The molecule has 0 saturated heterocycles. The summed E-state index contributed by atoms with van der Waals surface area (Å²) in [5, 5.41) is 2.62. The normalized spacial score (nSPS) is 11.5. The fourth-order valence-electron chi connectivity index (χ4n) is 1.34. The lowest BCUT2D eigenvalue weighted by molar-refractivity contribution is -0.137. The minimum absolute atomic E-state index is 0.186. The van der Waals surface area contributed by atoms with E-state index in [-0.39, 0.29) is 12.4 Å². The molecular formula is C10H9F3N4. The third-order valence-corrected chi connectivity index (χ3v) is 2.11. The number of hydrogen-bond donors (Lipinski definition) is 2. The predicted molar refractivity (Wildman–Crippen MR) is 55.2 cm³/mol. The van der Waals surface area contributed by atoms with Crippen LogP contribution in [0.15, 0.2) is 30.9 Å². The molecule has 2 N–H and O–H groups in total. The molecule has 0 saturated carbocycles. The Morgan fingerprint density at radius 2 is 2.18 bits per heavy atom. The van der Waals surface area contributed by atoms with E-state index >= 15 is 0 Å². The summed E-state index contributed by atoms with van der Waals surface area (Å²) in [6.45, 7) is 0.208. The minimum atomic E-state index is -4.41. The molecule has 2 aromatic heterocycles. The van der Waals surface area contributed by atoms with Crippen molar-refractivity contribution in [1.29, 1.82) is 0 Å². The van der Waals surface area contributed by atoms with Crippen LogP contribution in [0.25, 0.3) is 0 Å². The second-order valence-electron chi connectivity index (χ2n) is 3.33. The predicted octanol–water partition coefficient (Wildman–Crippen LogP) is 2.44. The van der Waals surface area contributed by atoms with Crippen LogP contribution in [0, 0.1) is 0 Å². The summed E-state index contributed by atoms with van der Waals surface area (Å²) < 4.78 is 37.8. The maximum absolute atomic E-state index is 12.6. The molecule has 17 heavy (non-hydrogen) atoms. The summed E-state index contributed by atoms with van der Waals surface area (Å²) >= 11 is 0. The first-order chi connectivity index (χ1) is 8.07. The van der Waals surface area contributed by atoms with Gasteiger partial charge in [-0.2, -0.15) is 13.2 Å². The van der Waals surface area contributed by atoms with Crippen molar-refractivity contribution >= 4 is 5.82 Å². The highest BCUT2D eigenvalue weighted by Crippen LogP contribution is 2.33. The number of pyridine rings is 1. The molecular weight excluding hydrogens is 233 g/mol. The van der Waals surface area contributed by atoms with Crippen LogP contribution in [-0.4, -0.2) is 15.0 Å². The van der Waals surface area contributed by atoms with Gasteiger partial charge in [0.15, 0.2) is 0 Å². The van der Waals surface area contributed by atoms with Crippen LogP contribution in [-0.2, 0) is 12.7 Å². The van der Waals surface area contributed by atoms with Crippen molar-refractivity contribution in [2.75, 3.05) is 5.32 Å². The van der Waals surface area contributed by atoms with Gasteiger partial charge >= 0.3 is 6.18 Å². The second kappa shape index (κ2) is 4.44. The first-order valence-electron chi connectivity index (χ1n) is 4.80. The number of H-pyrrole nitrogens is 1. The van der Waals surface area contributed by atoms with Gasteiger partial charge in [-0.05, 0) is 12.1 Å². The number of halogens is 3. The molecule has 90 valence electrons. The third-order valence-electron chi connectivity index (χ3n) is 2.11. The number of aromatic nitrogens is 3. The highest BCUT2D eigenvalue weighted by molar-refractivity contribution is 5.45. The van der Waals surface area contributed by atoms with E-state index in [0.29, 0.717) is 5.69 Å². The molecule has 0 aliphatic rings. The molecule has 0 bridgehead atoms. The average molecular weight is 242 g/mol. The standard InChI is InChI=1S/C10H9F3N4/c11-10(12,13)8-2-1-3-15-9(8)16-5-7-4-14-6-17-7/h1-4,6H,5H2,(H,14,17)(H,15,16). The van der Waals surface area contributed by atoms with Crippen molar-refractivity contribution in [2.45, 2.75) is 12.7 Å². The maximum atomic E-state index is 12.6. The SMILES string of the molecule is FC(F)(F)c1cccnc1NCc1cnc[nH]1. The van der Waals surface area contributed by atoms with Gasteiger partial charge in [0.1, 0.15) is 5.82 Å². The Morgan fingerprint density at radius 3 is 2.82 bits per heavy atom. The fraction of sp³-hybridized carbons (Fsp3) is 0.200. The molecule has 0 spiro atoms. The van der Waals surface area contributed by atoms with E-state index in [1.165, 1.54) is 24.8 Å². The monoisotopic (exact) mass is 242 g/mol. The van der Waals surface area contributed by atoms with Crippen LogP contribution in [0.4, 0.5) is 19.0 Å². The van der Waals surface area contributed by atoms with Gasteiger partial charge < -0.3 is 10.3 Å². The van der Waals surface area contributed by atoms with Crippen LogP contribution in [0.1, 0.15) is 11.3 Å². The number of nitrogens with one attached hydrogen (secondary N) is 2. The fourth-order valence-corrected chi connectivity index (χ4v) is 1.34. The Bertz CT molecular complexity index is 479. The zero-order valence-corrected chi connectivity index (χ0v) is 8.62. The number of anilines is 1. The summed E-state index contributed by atoms with van der Waals surface area (Å²) in [7, 11) is 0. The molecule has 0 fully saturated rings. The number of aromatic amines is 1. The van der Waals surface area contributed by atoms with Crippen molar-refractivity contribution in [3.63, 3.8) is 0 Å². The Labute approximate surface area is 94.9 Å². The third kappa shape index (κ3) is 2.74. The van der Waals surface area contributed by atoms with Crippen molar-refractivity contribution in [3.05, 3.63) is 42.1 Å². The second-order valence-corrected chi connectivity index (χ2v) is 3.33. The minimum Gasteiger partial charge on any atom is -0.364 e. The quantitative estimate of drug-likeness (QED) is 0.869. The summed E-state index contributed by atoms with van der Waals surface area (Å²) in [5.41, 5.74) is -0.0942. The van der Waals surface area contributed by atoms with Gasteiger partial charge in [-0.1, -0.05) is 0 Å². The van der Waals surface area contributed by atoms with Crippen LogP contribution in [0.2, 0.25) is 0 Å². The van der Waals surface area contributed by atoms with Gasteiger partial charge in [-0.25, -0.2) is 9.97 Å². The van der Waals surface area contributed by atoms with Crippen LogP contribution in [0.3, 0.4) is 0 Å². The highest BCUT2D eigenvalue weighted by atomic mass is 19.4. The zero-order chi connectivity index (χ0) is 12.3. The summed E-state index contributed by atoms with van der Waals surface area (Å²) in [6, 6.07) is 2.24. The number of alkyl halides is 3. The lowest BCUT2D eigenvalue weighted by Gasteiger charge is -2.12. The molecule has 2 heterocycles. The summed E-state index contributed by atoms with van der Waals surface area (Å²) in [4.78, 5) is 10.2. The van der Waals surface area contributed by atoms with E-state index in [2.05, 4.69) is 20.3 Å². The molecule has 7 heteroatoms. The Balaban J connectivity index is 2.16. The molecule has 2 rings (SSSR count). The van der Waals surface area contributed by atoms with Gasteiger partial charge in [-0.3, -0.25) is 0 Å². The van der Waals surface area contributed by atoms with Crippen molar-refractivity contribution in [3.8, 4) is 0 Å². The number of rotatable bonds is 3. The molecule has 0 amide bonds. The van der Waals surface area contributed by atoms with Gasteiger partial charge in [0.05, 0.1) is 24.1 Å². The van der Waals surface area contributed by atoms with E-state index in [1.807, 2.05) is 0 Å². The Kier molecular flexibility index (Phi) is 2.99. The topological polar surface area (TPSA) is 53.6 Å². The van der Waals surface area contributed by atoms with Crippen molar-refractivity contribution in [2.24, 2.45) is 0 Å². The first kappa shape index (κ1) is 11.4. The smallest absolute Gasteiger partial charge is 0.364 e. The average Bonchev–Trinajstić information content (AvgIpc) is 2.78. The van der Waals surface area contributed by atoms with E-state index in [0.717, 1.165) is 6.07 Å². The number of imidazole rings is 1. The molecule has 0 aliphatic heterocycles. The molecule has 0 atom stereocenters. The Hall–Kier alpha value is -2.05. The molecule has 0 unspecified atom stereocenters. The van der Waals surface area contributed by atoms with Crippen LogP contribution in [0.5, 0.6) is 0 Å². The number of hydrogen-bond acceptors (Lipinski definition) is 3. The van der Waals surface area contributed by atoms with Crippen LogP contribution < -0.4 is 5.32 Å². The largest absolute Gasteiger partial charge is 0.419 e. The van der Waals surface area contributed by atoms with E-state index < -0.39 is 11.7 Å². The van der Waals surface area contributed by atoms with Gasteiger partial charge in [-0.15, -0.1) is 0 Å². The van der Waals surface area contributed by atoms with Crippen molar-refractivity contribution < 1.29 is 13.2 Å². The lowest BCUT2D eigenvalue weighted by atomic mass is 10.2. The van der Waals surface area contributed by atoms with Gasteiger partial charge in [0.2, 0.25) is 0 Å². The molecule has 4 nitrogen and oxygen atoms in total. The lowest BCUT2D eigenvalue weighted by Crippen LogP contribution is -2.12. The summed E-state index contributed by atoms with van der Waals surface area (Å²) in [5.74, 6) is -0.186. The molecule has 2 aromatic rings. The molecule has 0 aromatic carbocycles. The number of nitrogens with zero attached hydrogens (tertiary/aromatic N) is 2. The van der Waals surface area contributed by atoms with Gasteiger partial charge in [0, 0.05) is 12.4 Å². The van der Waals surface area contributed by atoms with Crippen LogP contribution >= 0.6 is 0 Å². The maximum Gasteiger partial charge on any atom is 0.419 e.